The average Bonchev–Trinajstić information content (AvgIpc) is 2.71. The smallest absolute Gasteiger partial charge is 0.335 e. The molecule has 30 heavy (non-hydrogen) atoms. The number of amides is 4. The average molecular weight is 411 g/mol. The summed E-state index contributed by atoms with van der Waals surface area (Å²) in [7, 11) is 2.59. The lowest BCUT2D eigenvalue weighted by molar-refractivity contribution is -0.385. The van der Waals surface area contributed by atoms with E-state index < -0.39 is 22.8 Å². The highest BCUT2D eigenvalue weighted by molar-refractivity contribution is 6.39. The first-order valence-electron chi connectivity index (χ1n) is 8.65. The molecule has 1 fully saturated rings. The Morgan fingerprint density at radius 1 is 1.03 bits per heavy atom. The van der Waals surface area contributed by atoms with Crippen molar-refractivity contribution in [3.8, 4) is 11.5 Å². The highest BCUT2D eigenvalue weighted by Crippen LogP contribution is 2.36. The van der Waals surface area contributed by atoms with E-state index in [9.17, 15) is 24.5 Å². The van der Waals surface area contributed by atoms with Crippen LogP contribution in [0, 0.1) is 17.0 Å². The minimum atomic E-state index is -0.922. The van der Waals surface area contributed by atoms with Gasteiger partial charge in [-0.3, -0.25) is 25.0 Å². The number of nitro benzene ring substituents is 1. The second-order valence-corrected chi connectivity index (χ2v) is 6.32. The van der Waals surface area contributed by atoms with Gasteiger partial charge in [0, 0.05) is 17.7 Å². The van der Waals surface area contributed by atoms with Crippen LogP contribution < -0.4 is 19.7 Å². The van der Waals surface area contributed by atoms with Crippen molar-refractivity contribution < 1.29 is 28.8 Å². The van der Waals surface area contributed by atoms with Gasteiger partial charge in [0.25, 0.3) is 11.8 Å². The van der Waals surface area contributed by atoms with Crippen molar-refractivity contribution in [3.63, 3.8) is 0 Å². The number of nitrogens with zero attached hydrogens (tertiary/aromatic N) is 2. The van der Waals surface area contributed by atoms with Crippen LogP contribution in [0.4, 0.5) is 16.2 Å². The fourth-order valence-electron chi connectivity index (χ4n) is 2.90. The molecule has 1 N–H and O–H groups in total. The largest absolute Gasteiger partial charge is 0.496 e. The van der Waals surface area contributed by atoms with Gasteiger partial charge in [-0.15, -0.1) is 0 Å². The third-order valence-electron chi connectivity index (χ3n) is 4.42. The van der Waals surface area contributed by atoms with Crippen molar-refractivity contribution in [2.75, 3.05) is 19.1 Å². The minimum Gasteiger partial charge on any atom is -0.496 e. The Bertz CT molecular complexity index is 1090. The van der Waals surface area contributed by atoms with E-state index in [0.29, 0.717) is 0 Å². The molecule has 2 aromatic carbocycles. The number of nitro groups is 1. The summed E-state index contributed by atoms with van der Waals surface area (Å²) < 4.78 is 10.2. The van der Waals surface area contributed by atoms with E-state index >= 15 is 0 Å². The molecule has 0 aromatic heterocycles. The molecule has 0 radical (unpaired) electrons. The van der Waals surface area contributed by atoms with Crippen LogP contribution in [0.5, 0.6) is 11.5 Å². The first-order chi connectivity index (χ1) is 14.3. The summed E-state index contributed by atoms with van der Waals surface area (Å²) >= 11 is 0. The van der Waals surface area contributed by atoms with Crippen LogP contribution in [0.3, 0.4) is 0 Å². The van der Waals surface area contributed by atoms with Crippen molar-refractivity contribution in [2.45, 2.75) is 6.92 Å². The molecular formula is C20H17N3O7. The van der Waals surface area contributed by atoms with E-state index in [2.05, 4.69) is 5.32 Å². The second-order valence-electron chi connectivity index (χ2n) is 6.32. The summed E-state index contributed by atoms with van der Waals surface area (Å²) in [5.74, 6) is -1.69. The van der Waals surface area contributed by atoms with E-state index in [1.165, 1.54) is 20.3 Å². The highest BCUT2D eigenvalue weighted by Gasteiger charge is 2.37. The van der Waals surface area contributed by atoms with Crippen molar-refractivity contribution in [3.05, 3.63) is 63.2 Å². The fraction of sp³-hybridized carbons (Fsp3) is 0.150. The maximum Gasteiger partial charge on any atom is 0.335 e. The number of carbonyl (C=O) groups is 3. The number of methoxy groups -OCH3 is 2. The van der Waals surface area contributed by atoms with E-state index in [1.807, 2.05) is 6.92 Å². The zero-order valence-electron chi connectivity index (χ0n) is 16.3. The Labute approximate surface area is 170 Å². The summed E-state index contributed by atoms with van der Waals surface area (Å²) in [5, 5.41) is 13.4. The van der Waals surface area contributed by atoms with Crippen molar-refractivity contribution in [1.29, 1.82) is 0 Å². The number of urea groups is 1. The fourth-order valence-corrected chi connectivity index (χ4v) is 2.90. The van der Waals surface area contributed by atoms with E-state index in [4.69, 9.17) is 9.47 Å². The van der Waals surface area contributed by atoms with Gasteiger partial charge in [-0.25, -0.2) is 9.69 Å². The van der Waals surface area contributed by atoms with Crippen LogP contribution in [0.25, 0.3) is 6.08 Å². The molecule has 154 valence electrons. The van der Waals surface area contributed by atoms with E-state index in [0.717, 1.165) is 22.6 Å². The lowest BCUT2D eigenvalue weighted by Crippen LogP contribution is -2.54. The van der Waals surface area contributed by atoms with Gasteiger partial charge >= 0.3 is 11.7 Å². The molecule has 3 rings (SSSR count). The molecule has 1 saturated heterocycles. The summed E-state index contributed by atoms with van der Waals surface area (Å²) in [4.78, 5) is 49.0. The molecule has 4 amide bonds. The maximum atomic E-state index is 13.0. The molecule has 0 spiro atoms. The minimum absolute atomic E-state index is 0.0464. The van der Waals surface area contributed by atoms with Crippen molar-refractivity contribution >= 4 is 35.3 Å². The summed E-state index contributed by atoms with van der Waals surface area (Å²) in [5.41, 5.74) is 0.537. The number of nitrogens with one attached hydrogen (secondary N) is 1. The number of aryl methyl sites for hydroxylation is 1. The van der Waals surface area contributed by atoms with Gasteiger partial charge in [-0.2, -0.15) is 0 Å². The van der Waals surface area contributed by atoms with E-state index in [-0.39, 0.29) is 34.0 Å². The Kier molecular flexibility index (Phi) is 5.50. The van der Waals surface area contributed by atoms with Gasteiger partial charge in [0.2, 0.25) is 5.75 Å². The molecule has 0 bridgehead atoms. The Balaban J connectivity index is 2.11. The number of anilines is 1. The molecular weight excluding hydrogens is 394 g/mol. The van der Waals surface area contributed by atoms with Crippen LogP contribution >= 0.6 is 0 Å². The summed E-state index contributed by atoms with van der Waals surface area (Å²) in [6.45, 7) is 1.85. The number of hydrogen-bond acceptors (Lipinski definition) is 7. The van der Waals surface area contributed by atoms with Gasteiger partial charge in [0.15, 0.2) is 0 Å². The van der Waals surface area contributed by atoms with Gasteiger partial charge in [0.1, 0.15) is 11.3 Å². The normalized spacial score (nSPS) is 15.2. The third-order valence-corrected chi connectivity index (χ3v) is 4.42. The number of barbiturate groups is 1. The molecule has 0 aliphatic carbocycles. The number of hydrogen-bond donors (Lipinski definition) is 1. The van der Waals surface area contributed by atoms with E-state index in [1.54, 1.807) is 24.3 Å². The van der Waals surface area contributed by atoms with Crippen LogP contribution in [-0.4, -0.2) is 37.0 Å². The number of ether oxygens (including phenoxy) is 2. The lowest BCUT2D eigenvalue weighted by atomic mass is 10.0. The Morgan fingerprint density at radius 3 is 2.23 bits per heavy atom. The first kappa shape index (κ1) is 20.5. The maximum absolute atomic E-state index is 13.0. The zero-order chi connectivity index (χ0) is 22.0. The molecule has 1 aliphatic heterocycles. The van der Waals surface area contributed by atoms with Gasteiger partial charge in [0.05, 0.1) is 24.8 Å². The van der Waals surface area contributed by atoms with Crippen molar-refractivity contribution in [1.82, 2.24) is 5.32 Å². The molecule has 0 unspecified atom stereocenters. The van der Waals surface area contributed by atoms with Crippen molar-refractivity contribution in [2.24, 2.45) is 0 Å². The zero-order valence-corrected chi connectivity index (χ0v) is 16.3. The second kappa shape index (κ2) is 8.03. The predicted octanol–water partition coefficient (Wildman–Crippen LogP) is 2.59. The molecule has 0 saturated carbocycles. The number of imide groups is 2. The Hall–Kier alpha value is -4.21. The number of benzene rings is 2. The molecule has 0 atom stereocenters. The van der Waals surface area contributed by atoms with Crippen LogP contribution in [-0.2, 0) is 9.59 Å². The number of carbonyl (C=O) groups excluding carboxylic acids is 3. The molecule has 10 heteroatoms. The summed E-state index contributed by atoms with van der Waals surface area (Å²) in [6.07, 6.45) is 1.14. The van der Waals surface area contributed by atoms with Crippen LogP contribution in [0.2, 0.25) is 0 Å². The SMILES string of the molecule is COc1cc(OC)c([N+](=O)[O-])cc1/C=C1\C(=O)NC(=O)N(c2ccc(C)cc2)C1=O. The summed E-state index contributed by atoms with van der Waals surface area (Å²) in [6, 6.07) is 8.07. The molecule has 1 heterocycles. The molecule has 2 aromatic rings. The highest BCUT2D eigenvalue weighted by atomic mass is 16.6. The molecule has 10 nitrogen and oxygen atoms in total. The van der Waals surface area contributed by atoms with Crippen LogP contribution in [0.15, 0.2) is 42.0 Å². The standard InChI is InChI=1S/C20H17N3O7/c1-11-4-6-13(7-5-11)22-19(25)14(18(24)21-20(22)26)8-12-9-15(23(27)28)17(30-3)10-16(12)29-2/h4-10H,1-3H3,(H,21,24,26)/b14-8+. The predicted molar refractivity (Wildman–Crippen MR) is 106 cm³/mol. The lowest BCUT2D eigenvalue weighted by Gasteiger charge is -2.26. The monoisotopic (exact) mass is 411 g/mol. The van der Waals surface area contributed by atoms with Crippen LogP contribution in [0.1, 0.15) is 11.1 Å². The topological polar surface area (TPSA) is 128 Å². The first-order valence-corrected chi connectivity index (χ1v) is 8.65. The molecule has 1 aliphatic rings. The number of rotatable bonds is 5. The third kappa shape index (κ3) is 3.70. The quantitative estimate of drug-likeness (QED) is 0.347. The van der Waals surface area contributed by atoms with Gasteiger partial charge in [-0.1, -0.05) is 17.7 Å². The van der Waals surface area contributed by atoms with Gasteiger partial charge in [-0.05, 0) is 25.1 Å². The Morgan fingerprint density at radius 2 is 1.67 bits per heavy atom. The van der Waals surface area contributed by atoms with Gasteiger partial charge < -0.3 is 9.47 Å².